The van der Waals surface area contributed by atoms with Crippen molar-refractivity contribution in [3.05, 3.63) is 39.2 Å². The van der Waals surface area contributed by atoms with Crippen molar-refractivity contribution < 1.29 is 34.8 Å². The normalized spacial score (nSPS) is 13.3. The Kier molecular flexibility index (Phi) is 5.01. The number of hydrogen-bond acceptors (Lipinski definition) is 3. The number of rotatable bonds is 2. The highest BCUT2D eigenvalue weighted by Gasteiger charge is 2.49. The lowest BCUT2D eigenvalue weighted by Gasteiger charge is -2.13. The van der Waals surface area contributed by atoms with Gasteiger partial charge in [0.05, 0.1) is 21.3 Å². The lowest BCUT2D eigenvalue weighted by Crippen LogP contribution is -2.23. The molecule has 1 heterocycles. The van der Waals surface area contributed by atoms with Crippen molar-refractivity contribution in [3.8, 4) is 5.69 Å². The van der Waals surface area contributed by atoms with E-state index in [9.17, 15) is 34.8 Å². The molecule has 0 aliphatic heterocycles. The van der Waals surface area contributed by atoms with Crippen molar-refractivity contribution in [3.63, 3.8) is 0 Å². The Morgan fingerprint density at radius 3 is 1.84 bits per heavy atom. The smallest absolute Gasteiger partial charge is 0.286 e. The standard InChI is InChI=1S/C11H3Cl3F6N2O2S/c12-5-1-4(10(15,16)17)2-6(13)8(5)22-3-7(21-9(22)14)25(23,24)11(18,19)20/h1-3H. The van der Waals surface area contributed by atoms with Gasteiger partial charge in [-0.15, -0.1) is 0 Å². The van der Waals surface area contributed by atoms with E-state index < -0.39 is 53.1 Å². The van der Waals surface area contributed by atoms with E-state index in [2.05, 4.69) is 4.98 Å². The van der Waals surface area contributed by atoms with Gasteiger partial charge in [-0.3, -0.25) is 4.57 Å². The van der Waals surface area contributed by atoms with E-state index in [-0.39, 0.29) is 0 Å². The Balaban J connectivity index is 2.66. The number of hydrogen-bond donors (Lipinski definition) is 0. The average molecular weight is 448 g/mol. The van der Waals surface area contributed by atoms with Gasteiger partial charge in [-0.1, -0.05) is 23.2 Å². The van der Waals surface area contributed by atoms with E-state index in [1.54, 1.807) is 0 Å². The van der Waals surface area contributed by atoms with Crippen LogP contribution < -0.4 is 0 Å². The van der Waals surface area contributed by atoms with Crippen molar-refractivity contribution in [2.24, 2.45) is 0 Å². The van der Waals surface area contributed by atoms with Crippen molar-refractivity contribution in [1.29, 1.82) is 0 Å². The van der Waals surface area contributed by atoms with Crippen molar-refractivity contribution in [2.45, 2.75) is 16.7 Å². The number of alkyl halides is 6. The number of imidazole rings is 1. The first kappa shape index (κ1) is 20.1. The monoisotopic (exact) mass is 446 g/mol. The fraction of sp³-hybridized carbons (Fsp3) is 0.182. The molecule has 0 spiro atoms. The summed E-state index contributed by atoms with van der Waals surface area (Å²) in [5, 5.41) is -3.52. The maximum absolute atomic E-state index is 12.7. The molecule has 0 atom stereocenters. The molecule has 0 amide bonds. The van der Waals surface area contributed by atoms with Gasteiger partial charge in [-0.05, 0) is 23.7 Å². The number of benzene rings is 1. The minimum atomic E-state index is -5.83. The Morgan fingerprint density at radius 2 is 1.44 bits per heavy atom. The van der Waals surface area contributed by atoms with Gasteiger partial charge in [0.15, 0.2) is 5.03 Å². The molecule has 0 fully saturated rings. The summed E-state index contributed by atoms with van der Waals surface area (Å²) in [6, 6.07) is 0.911. The Morgan fingerprint density at radius 1 is 0.960 bits per heavy atom. The minimum Gasteiger partial charge on any atom is -0.286 e. The molecule has 0 saturated heterocycles. The molecular weight excluding hydrogens is 445 g/mol. The summed E-state index contributed by atoms with van der Waals surface area (Å²) in [5.41, 5.74) is -7.33. The van der Waals surface area contributed by atoms with Crippen molar-refractivity contribution in [2.75, 3.05) is 0 Å². The maximum atomic E-state index is 12.7. The summed E-state index contributed by atoms with van der Waals surface area (Å²) >= 11 is 17.0. The molecule has 0 unspecified atom stereocenters. The molecule has 0 aliphatic rings. The summed E-state index contributed by atoms with van der Waals surface area (Å²) in [6.07, 6.45) is -4.43. The molecule has 2 rings (SSSR count). The topological polar surface area (TPSA) is 52.0 Å². The molecule has 0 radical (unpaired) electrons. The Hall–Kier alpha value is -1.17. The van der Waals surface area contributed by atoms with Crippen LogP contribution in [0.3, 0.4) is 0 Å². The average Bonchev–Trinajstić information content (AvgIpc) is 2.78. The largest absolute Gasteiger partial charge is 0.503 e. The molecule has 0 bridgehead atoms. The van der Waals surface area contributed by atoms with Crippen molar-refractivity contribution >= 4 is 44.6 Å². The molecule has 1 aromatic carbocycles. The lowest BCUT2D eigenvalue weighted by atomic mass is 10.2. The van der Waals surface area contributed by atoms with Crippen LogP contribution >= 0.6 is 34.8 Å². The summed E-state index contributed by atoms with van der Waals surface area (Å²) in [4.78, 5) is 3.06. The highest BCUT2D eigenvalue weighted by atomic mass is 35.5. The SMILES string of the molecule is O=S(=O)(c1cn(-c2c(Cl)cc(C(F)(F)F)cc2Cl)c(Cl)n1)C(F)(F)F. The highest BCUT2D eigenvalue weighted by molar-refractivity contribution is 7.92. The van der Waals surface area contributed by atoms with E-state index in [0.717, 1.165) is 0 Å². The molecule has 4 nitrogen and oxygen atoms in total. The van der Waals surface area contributed by atoms with Crippen LogP contribution in [0.4, 0.5) is 26.3 Å². The molecular formula is C11H3Cl3F6N2O2S. The van der Waals surface area contributed by atoms with Crippen LogP contribution in [0.1, 0.15) is 5.56 Å². The van der Waals surface area contributed by atoms with E-state index in [1.165, 1.54) is 0 Å². The Labute approximate surface area is 150 Å². The van der Waals surface area contributed by atoms with Crippen LogP contribution in [0.5, 0.6) is 0 Å². The zero-order valence-corrected chi connectivity index (χ0v) is 14.3. The van der Waals surface area contributed by atoms with Gasteiger partial charge in [-0.2, -0.15) is 26.3 Å². The maximum Gasteiger partial charge on any atom is 0.503 e. The van der Waals surface area contributed by atoms with E-state index in [0.29, 0.717) is 22.9 Å². The molecule has 0 aliphatic carbocycles. The fourth-order valence-electron chi connectivity index (χ4n) is 1.70. The lowest BCUT2D eigenvalue weighted by molar-refractivity contribution is -0.137. The molecule has 1 aromatic heterocycles. The molecule has 25 heavy (non-hydrogen) atoms. The molecule has 0 N–H and O–H groups in total. The number of nitrogens with zero attached hydrogens (tertiary/aromatic N) is 2. The summed E-state index contributed by atoms with van der Waals surface area (Å²) in [7, 11) is -5.83. The van der Waals surface area contributed by atoms with Crippen LogP contribution in [0.25, 0.3) is 5.69 Å². The van der Waals surface area contributed by atoms with Gasteiger partial charge >= 0.3 is 11.7 Å². The van der Waals surface area contributed by atoms with E-state index in [1.807, 2.05) is 0 Å². The van der Waals surface area contributed by atoms with Crippen LogP contribution in [0, 0.1) is 0 Å². The molecule has 0 saturated carbocycles. The second-order valence-corrected chi connectivity index (χ2v) is 7.49. The highest BCUT2D eigenvalue weighted by Crippen LogP contribution is 2.39. The van der Waals surface area contributed by atoms with Crippen molar-refractivity contribution in [1.82, 2.24) is 9.55 Å². The first-order valence-electron chi connectivity index (χ1n) is 5.79. The predicted octanol–water partition coefficient (Wildman–Crippen LogP) is 5.14. The van der Waals surface area contributed by atoms with Gasteiger partial charge in [0.2, 0.25) is 5.28 Å². The number of aromatic nitrogens is 2. The van der Waals surface area contributed by atoms with E-state index in [4.69, 9.17) is 34.8 Å². The van der Waals surface area contributed by atoms with Crippen LogP contribution in [-0.2, 0) is 16.0 Å². The third-order valence-corrected chi connectivity index (χ3v) is 5.01. The second kappa shape index (κ2) is 6.22. The number of halogens is 9. The zero-order valence-electron chi connectivity index (χ0n) is 11.3. The summed E-state index contributed by atoms with van der Waals surface area (Å²) in [5.74, 6) is 0. The Bertz CT molecular complexity index is 913. The van der Waals surface area contributed by atoms with Crippen LogP contribution in [0.2, 0.25) is 15.3 Å². The van der Waals surface area contributed by atoms with Gasteiger partial charge in [0, 0.05) is 6.20 Å². The predicted molar refractivity (Wildman–Crippen MR) is 76.8 cm³/mol. The molecule has 14 heteroatoms. The first-order valence-corrected chi connectivity index (χ1v) is 8.41. The third-order valence-electron chi connectivity index (χ3n) is 2.81. The first-order chi connectivity index (χ1) is 11.2. The molecule has 138 valence electrons. The summed E-state index contributed by atoms with van der Waals surface area (Å²) in [6.45, 7) is 0. The van der Waals surface area contributed by atoms with Gasteiger partial charge in [0.1, 0.15) is 0 Å². The second-order valence-electron chi connectivity index (χ2n) is 4.45. The van der Waals surface area contributed by atoms with Gasteiger partial charge in [0.25, 0.3) is 9.84 Å². The van der Waals surface area contributed by atoms with Gasteiger partial charge < -0.3 is 0 Å². The number of sulfone groups is 1. The van der Waals surface area contributed by atoms with Crippen LogP contribution in [-0.4, -0.2) is 23.5 Å². The van der Waals surface area contributed by atoms with Crippen LogP contribution in [0.15, 0.2) is 23.4 Å². The van der Waals surface area contributed by atoms with Gasteiger partial charge in [-0.25, -0.2) is 13.4 Å². The third kappa shape index (κ3) is 3.69. The quantitative estimate of drug-likeness (QED) is 0.599. The summed E-state index contributed by atoms with van der Waals surface area (Å²) < 4.78 is 98.9. The zero-order chi connectivity index (χ0) is 19.4. The minimum absolute atomic E-state index is 0.353. The van der Waals surface area contributed by atoms with E-state index >= 15 is 0 Å². The fourth-order valence-corrected chi connectivity index (χ4v) is 3.33. The molecule has 2 aromatic rings.